The van der Waals surface area contributed by atoms with Crippen LogP contribution in [0.25, 0.3) is 0 Å². The van der Waals surface area contributed by atoms with Crippen molar-refractivity contribution >= 4 is 0 Å². The Morgan fingerprint density at radius 1 is 1.05 bits per heavy atom. The number of hydrogen-bond donors (Lipinski definition) is 1. The summed E-state index contributed by atoms with van der Waals surface area (Å²) in [4.78, 5) is 0. The lowest BCUT2D eigenvalue weighted by atomic mass is 9.77. The Labute approximate surface area is 113 Å². The summed E-state index contributed by atoms with van der Waals surface area (Å²) in [5.41, 5.74) is 0.0259. The van der Waals surface area contributed by atoms with Crippen molar-refractivity contribution in [2.45, 2.75) is 37.1 Å². The van der Waals surface area contributed by atoms with Crippen LogP contribution in [0.4, 0.5) is 0 Å². The van der Waals surface area contributed by atoms with Crippen molar-refractivity contribution in [1.29, 1.82) is 0 Å². The minimum atomic E-state index is -0.840. The lowest BCUT2D eigenvalue weighted by Crippen LogP contribution is -2.42. The molecule has 4 heteroatoms. The quantitative estimate of drug-likeness (QED) is 0.889. The monoisotopic (exact) mass is 264 g/mol. The van der Waals surface area contributed by atoms with Crippen LogP contribution in [0.3, 0.4) is 0 Å². The van der Waals surface area contributed by atoms with Gasteiger partial charge in [0.2, 0.25) is 0 Å². The molecule has 1 spiro atoms. The third-order valence-electron chi connectivity index (χ3n) is 4.26. The predicted molar refractivity (Wildman–Crippen MR) is 70.0 cm³/mol. The van der Waals surface area contributed by atoms with Gasteiger partial charge in [0, 0.05) is 18.4 Å². The first-order valence-corrected chi connectivity index (χ1v) is 6.81. The number of ether oxygens (including phenoxy) is 3. The molecule has 0 atom stereocenters. The number of para-hydroxylation sites is 1. The zero-order valence-corrected chi connectivity index (χ0v) is 11.2. The first kappa shape index (κ1) is 12.9. The molecule has 0 amide bonds. The van der Waals surface area contributed by atoms with Gasteiger partial charge < -0.3 is 19.3 Å². The fourth-order valence-corrected chi connectivity index (χ4v) is 3.13. The molecular formula is C15H20O4. The van der Waals surface area contributed by atoms with Crippen molar-refractivity contribution in [3.8, 4) is 5.75 Å². The molecular weight excluding hydrogens is 244 g/mol. The molecule has 104 valence electrons. The average molecular weight is 264 g/mol. The molecule has 3 rings (SSSR count). The van der Waals surface area contributed by atoms with Crippen LogP contribution in [0.1, 0.15) is 31.2 Å². The minimum absolute atomic E-state index is 0.450. The molecule has 2 aliphatic rings. The first-order chi connectivity index (χ1) is 9.18. The van der Waals surface area contributed by atoms with E-state index in [-0.39, 0.29) is 0 Å². The Balaban J connectivity index is 1.81. The zero-order valence-electron chi connectivity index (χ0n) is 11.2. The van der Waals surface area contributed by atoms with Crippen LogP contribution in [-0.4, -0.2) is 31.2 Å². The summed E-state index contributed by atoms with van der Waals surface area (Å²) in [6.07, 6.45) is 2.71. The molecule has 1 aliphatic heterocycles. The maximum atomic E-state index is 10.9. The number of aliphatic hydroxyl groups is 1. The summed E-state index contributed by atoms with van der Waals surface area (Å²) in [7, 11) is 1.63. The molecule has 1 saturated heterocycles. The van der Waals surface area contributed by atoms with Crippen LogP contribution < -0.4 is 4.74 Å². The number of benzene rings is 1. The molecule has 1 heterocycles. The van der Waals surface area contributed by atoms with Gasteiger partial charge in [-0.3, -0.25) is 0 Å². The summed E-state index contributed by atoms with van der Waals surface area (Å²) in [6.45, 7) is 1.32. The Bertz CT molecular complexity index is 441. The standard InChI is InChI=1S/C15H20O4/c1-17-13-5-3-2-4-12(13)14(16)6-8-15(9-7-14)18-10-11-19-15/h2-5,16H,6-11H2,1H3. The SMILES string of the molecule is COc1ccccc1C1(O)CCC2(CC1)OCCO2. The topological polar surface area (TPSA) is 47.9 Å². The van der Waals surface area contributed by atoms with E-state index in [1.807, 2.05) is 24.3 Å². The fourth-order valence-electron chi connectivity index (χ4n) is 3.13. The third-order valence-corrected chi connectivity index (χ3v) is 4.26. The van der Waals surface area contributed by atoms with Crippen molar-refractivity contribution in [2.24, 2.45) is 0 Å². The second-order valence-electron chi connectivity index (χ2n) is 5.34. The van der Waals surface area contributed by atoms with Crippen molar-refractivity contribution in [2.75, 3.05) is 20.3 Å². The molecule has 1 N–H and O–H groups in total. The van der Waals surface area contributed by atoms with E-state index in [1.165, 1.54) is 0 Å². The Morgan fingerprint density at radius 3 is 2.32 bits per heavy atom. The van der Waals surface area contributed by atoms with Crippen LogP contribution in [0.2, 0.25) is 0 Å². The summed E-state index contributed by atoms with van der Waals surface area (Å²) in [6, 6.07) is 7.68. The maximum absolute atomic E-state index is 10.9. The van der Waals surface area contributed by atoms with Gasteiger partial charge in [0.1, 0.15) is 5.75 Å². The van der Waals surface area contributed by atoms with Gasteiger partial charge in [-0.1, -0.05) is 18.2 Å². The van der Waals surface area contributed by atoms with Crippen LogP contribution >= 0.6 is 0 Å². The molecule has 0 radical (unpaired) electrons. The first-order valence-electron chi connectivity index (χ1n) is 6.81. The molecule has 4 nitrogen and oxygen atoms in total. The van der Waals surface area contributed by atoms with Crippen LogP contribution in [-0.2, 0) is 15.1 Å². The molecule has 0 bridgehead atoms. The van der Waals surface area contributed by atoms with Gasteiger partial charge in [0.05, 0.1) is 25.9 Å². The molecule has 0 unspecified atom stereocenters. The lowest BCUT2D eigenvalue weighted by Gasteiger charge is -2.41. The van der Waals surface area contributed by atoms with Gasteiger partial charge in [0.15, 0.2) is 5.79 Å². The molecule has 2 fully saturated rings. The molecule has 1 aromatic rings. The van der Waals surface area contributed by atoms with Crippen molar-refractivity contribution in [3.05, 3.63) is 29.8 Å². The molecule has 1 aliphatic carbocycles. The van der Waals surface area contributed by atoms with Crippen LogP contribution in [0, 0.1) is 0 Å². The average Bonchev–Trinajstić information content (AvgIpc) is 2.91. The van der Waals surface area contributed by atoms with E-state index in [4.69, 9.17) is 14.2 Å². The molecule has 1 saturated carbocycles. The number of rotatable bonds is 2. The van der Waals surface area contributed by atoms with Gasteiger partial charge in [-0.25, -0.2) is 0 Å². The highest BCUT2D eigenvalue weighted by atomic mass is 16.7. The Hall–Kier alpha value is -1.10. The highest BCUT2D eigenvalue weighted by molar-refractivity contribution is 5.38. The highest BCUT2D eigenvalue weighted by Gasteiger charge is 2.46. The van der Waals surface area contributed by atoms with Gasteiger partial charge in [-0.15, -0.1) is 0 Å². The van der Waals surface area contributed by atoms with E-state index in [1.54, 1.807) is 7.11 Å². The van der Waals surface area contributed by atoms with E-state index in [2.05, 4.69) is 0 Å². The second-order valence-corrected chi connectivity index (χ2v) is 5.34. The van der Waals surface area contributed by atoms with Crippen molar-refractivity contribution in [3.63, 3.8) is 0 Å². The Morgan fingerprint density at radius 2 is 1.68 bits per heavy atom. The summed E-state index contributed by atoms with van der Waals surface area (Å²) in [5, 5.41) is 10.9. The van der Waals surface area contributed by atoms with E-state index < -0.39 is 11.4 Å². The number of hydrogen-bond acceptors (Lipinski definition) is 4. The zero-order chi connectivity index (χ0) is 13.3. The second kappa shape index (κ2) is 4.78. The fraction of sp³-hybridized carbons (Fsp3) is 0.600. The molecule has 1 aromatic carbocycles. The van der Waals surface area contributed by atoms with Gasteiger partial charge in [0.25, 0.3) is 0 Å². The van der Waals surface area contributed by atoms with Crippen LogP contribution in [0.5, 0.6) is 5.75 Å². The Kier molecular flexibility index (Phi) is 3.25. The summed E-state index contributed by atoms with van der Waals surface area (Å²) < 4.78 is 16.8. The largest absolute Gasteiger partial charge is 0.496 e. The predicted octanol–water partition coefficient (Wildman–Crippen LogP) is 2.20. The smallest absolute Gasteiger partial charge is 0.168 e. The molecule has 0 aromatic heterocycles. The van der Waals surface area contributed by atoms with Crippen LogP contribution in [0.15, 0.2) is 24.3 Å². The van der Waals surface area contributed by atoms with Gasteiger partial charge in [-0.2, -0.15) is 0 Å². The normalized spacial score (nSPS) is 24.5. The van der Waals surface area contributed by atoms with Crippen molar-refractivity contribution in [1.82, 2.24) is 0 Å². The summed E-state index contributed by atoms with van der Waals surface area (Å²) >= 11 is 0. The molecule has 19 heavy (non-hydrogen) atoms. The highest BCUT2D eigenvalue weighted by Crippen LogP contribution is 2.46. The number of methoxy groups -OCH3 is 1. The van der Waals surface area contributed by atoms with Crippen molar-refractivity contribution < 1.29 is 19.3 Å². The van der Waals surface area contributed by atoms with Gasteiger partial charge in [-0.05, 0) is 18.9 Å². The van der Waals surface area contributed by atoms with E-state index >= 15 is 0 Å². The third kappa shape index (κ3) is 2.24. The van der Waals surface area contributed by atoms with E-state index in [9.17, 15) is 5.11 Å². The van der Waals surface area contributed by atoms with Gasteiger partial charge >= 0.3 is 0 Å². The minimum Gasteiger partial charge on any atom is -0.496 e. The lowest BCUT2D eigenvalue weighted by molar-refractivity contribution is -0.204. The van der Waals surface area contributed by atoms with E-state index in [0.717, 1.165) is 24.2 Å². The summed E-state index contributed by atoms with van der Waals surface area (Å²) in [5.74, 6) is 0.294. The maximum Gasteiger partial charge on any atom is 0.168 e. The van der Waals surface area contributed by atoms with E-state index in [0.29, 0.717) is 26.1 Å².